The lowest BCUT2D eigenvalue weighted by Gasteiger charge is -2.21. The molecule has 4 nitrogen and oxygen atoms in total. The highest BCUT2D eigenvalue weighted by Gasteiger charge is 2.16. The number of ether oxygens (including phenoxy) is 1. The van der Waals surface area contributed by atoms with E-state index in [4.69, 9.17) is 10.5 Å². The van der Waals surface area contributed by atoms with Crippen LogP contribution in [-0.4, -0.2) is 12.5 Å². The fourth-order valence-corrected chi connectivity index (χ4v) is 2.83. The Bertz CT molecular complexity index is 701. The number of rotatable bonds is 3. The van der Waals surface area contributed by atoms with Gasteiger partial charge in [0, 0.05) is 11.0 Å². The lowest BCUT2D eigenvalue weighted by atomic mass is 10.0. The Morgan fingerprint density at radius 2 is 2.10 bits per heavy atom. The summed E-state index contributed by atoms with van der Waals surface area (Å²) in [5.74, 6) is 0.674. The number of carbonyl (C=O) groups is 1. The van der Waals surface area contributed by atoms with Crippen LogP contribution in [0, 0.1) is 0 Å². The molecule has 0 bridgehead atoms. The second kappa shape index (κ2) is 5.77. The van der Waals surface area contributed by atoms with Gasteiger partial charge in [-0.2, -0.15) is 0 Å². The normalized spacial score (nSPS) is 13.2. The number of anilines is 1. The minimum atomic E-state index is -0.510. The number of amides is 1. The van der Waals surface area contributed by atoms with Crippen molar-refractivity contribution in [3.63, 3.8) is 0 Å². The molecule has 2 aromatic rings. The van der Waals surface area contributed by atoms with Crippen molar-refractivity contribution in [2.24, 2.45) is 5.73 Å². The maximum Gasteiger partial charge on any atom is 0.252 e. The van der Waals surface area contributed by atoms with Crippen LogP contribution >= 0.6 is 15.9 Å². The molecule has 108 valence electrons. The lowest BCUT2D eigenvalue weighted by Crippen LogP contribution is -2.14. The van der Waals surface area contributed by atoms with Gasteiger partial charge in [0.15, 0.2) is 5.75 Å². The van der Waals surface area contributed by atoms with Gasteiger partial charge in [-0.05, 0) is 42.7 Å². The molecule has 1 aliphatic rings. The Balaban J connectivity index is 2.00. The Kier molecular flexibility index (Phi) is 3.84. The van der Waals surface area contributed by atoms with Gasteiger partial charge in [0.1, 0.15) is 5.75 Å². The van der Waals surface area contributed by atoms with E-state index in [2.05, 4.69) is 27.3 Å². The fraction of sp³-hybridized carbons (Fsp3) is 0.188. The van der Waals surface area contributed by atoms with E-state index in [9.17, 15) is 4.79 Å². The Labute approximate surface area is 131 Å². The summed E-state index contributed by atoms with van der Waals surface area (Å²) < 4.78 is 6.73. The molecule has 5 heteroatoms. The zero-order valence-electron chi connectivity index (χ0n) is 11.4. The second-order valence-electron chi connectivity index (χ2n) is 4.93. The predicted octanol–water partition coefficient (Wildman–Crippen LogP) is 3.70. The van der Waals surface area contributed by atoms with Crippen molar-refractivity contribution in [2.75, 3.05) is 11.9 Å². The highest BCUT2D eigenvalue weighted by molar-refractivity contribution is 9.10. The van der Waals surface area contributed by atoms with Crippen LogP contribution in [0.25, 0.3) is 0 Å². The molecule has 1 aliphatic heterocycles. The number of para-hydroxylation sites is 1. The number of halogens is 1. The van der Waals surface area contributed by atoms with E-state index in [1.54, 1.807) is 12.1 Å². The third-order valence-electron chi connectivity index (χ3n) is 3.46. The van der Waals surface area contributed by atoms with Gasteiger partial charge in [-0.25, -0.2) is 0 Å². The van der Waals surface area contributed by atoms with E-state index < -0.39 is 5.91 Å². The van der Waals surface area contributed by atoms with Crippen LogP contribution in [0.5, 0.6) is 11.5 Å². The first-order valence-electron chi connectivity index (χ1n) is 6.78. The average Bonchev–Trinajstić information content (AvgIpc) is 2.49. The molecule has 0 unspecified atom stereocenters. The van der Waals surface area contributed by atoms with E-state index in [-0.39, 0.29) is 0 Å². The number of fused-ring (bicyclic) bond motifs is 1. The largest absolute Gasteiger partial charge is 0.454 e. The van der Waals surface area contributed by atoms with Crippen LogP contribution in [0.4, 0.5) is 5.69 Å². The van der Waals surface area contributed by atoms with Crippen LogP contribution in [0.1, 0.15) is 22.3 Å². The molecule has 0 aromatic heterocycles. The highest BCUT2D eigenvalue weighted by atomic mass is 79.9. The van der Waals surface area contributed by atoms with Crippen molar-refractivity contribution in [1.29, 1.82) is 0 Å². The van der Waals surface area contributed by atoms with Crippen molar-refractivity contribution in [1.82, 2.24) is 0 Å². The molecule has 0 saturated heterocycles. The van der Waals surface area contributed by atoms with Crippen LogP contribution in [0.2, 0.25) is 0 Å². The molecule has 0 atom stereocenters. The number of carbonyl (C=O) groups excluding carboxylic acids is 1. The van der Waals surface area contributed by atoms with E-state index in [0.717, 1.165) is 35.3 Å². The molecule has 3 N–H and O–H groups in total. The summed E-state index contributed by atoms with van der Waals surface area (Å²) in [6, 6.07) is 11.2. The van der Waals surface area contributed by atoms with Gasteiger partial charge < -0.3 is 15.8 Å². The smallest absolute Gasteiger partial charge is 0.252 e. The van der Waals surface area contributed by atoms with Crippen molar-refractivity contribution < 1.29 is 9.53 Å². The van der Waals surface area contributed by atoms with E-state index in [1.165, 1.54) is 5.56 Å². The van der Waals surface area contributed by atoms with Gasteiger partial charge in [0.2, 0.25) is 0 Å². The number of hydrogen-bond acceptors (Lipinski definition) is 3. The third-order valence-corrected chi connectivity index (χ3v) is 3.96. The molecule has 0 spiro atoms. The molecule has 3 rings (SSSR count). The third kappa shape index (κ3) is 2.88. The fourth-order valence-electron chi connectivity index (χ4n) is 2.47. The summed E-state index contributed by atoms with van der Waals surface area (Å²) in [6.07, 6.45) is 2.14. The summed E-state index contributed by atoms with van der Waals surface area (Å²) in [5, 5.41) is 3.36. The molecule has 1 heterocycles. The first-order chi connectivity index (χ1) is 10.1. The van der Waals surface area contributed by atoms with Gasteiger partial charge >= 0.3 is 0 Å². The summed E-state index contributed by atoms with van der Waals surface area (Å²) >= 11 is 3.33. The van der Waals surface area contributed by atoms with Gasteiger partial charge in [0.05, 0.1) is 11.3 Å². The predicted molar refractivity (Wildman–Crippen MR) is 86.0 cm³/mol. The zero-order valence-corrected chi connectivity index (χ0v) is 12.9. The number of nitrogens with one attached hydrogen (secondary N) is 1. The number of nitrogens with two attached hydrogens (primary N) is 1. The number of primary amides is 1. The van der Waals surface area contributed by atoms with Crippen LogP contribution in [0.15, 0.2) is 40.9 Å². The monoisotopic (exact) mass is 346 g/mol. The van der Waals surface area contributed by atoms with Crippen LogP contribution < -0.4 is 15.8 Å². The Morgan fingerprint density at radius 1 is 1.24 bits per heavy atom. The minimum absolute atomic E-state index is 0.359. The molecule has 0 saturated carbocycles. The molecule has 21 heavy (non-hydrogen) atoms. The minimum Gasteiger partial charge on any atom is -0.454 e. The highest BCUT2D eigenvalue weighted by Crippen LogP contribution is 2.36. The maximum atomic E-state index is 11.6. The van der Waals surface area contributed by atoms with E-state index in [0.29, 0.717) is 11.3 Å². The van der Waals surface area contributed by atoms with Crippen LogP contribution in [0.3, 0.4) is 0 Å². The van der Waals surface area contributed by atoms with Gasteiger partial charge in [-0.15, -0.1) is 0 Å². The molecule has 2 aromatic carbocycles. The molecule has 1 amide bonds. The SMILES string of the molecule is NC(=O)c1cc(Br)ccc1Oc1cccc2c1NCCC2. The van der Waals surface area contributed by atoms with Crippen molar-refractivity contribution in [3.8, 4) is 11.5 Å². The van der Waals surface area contributed by atoms with Gasteiger partial charge in [-0.3, -0.25) is 4.79 Å². The van der Waals surface area contributed by atoms with Crippen molar-refractivity contribution >= 4 is 27.5 Å². The van der Waals surface area contributed by atoms with Gasteiger partial charge in [0.25, 0.3) is 5.91 Å². The maximum absolute atomic E-state index is 11.6. The summed E-state index contributed by atoms with van der Waals surface area (Å²) in [4.78, 5) is 11.6. The molecule has 0 radical (unpaired) electrons. The number of aryl methyl sites for hydroxylation is 1. The lowest BCUT2D eigenvalue weighted by molar-refractivity contribution is 0.0998. The second-order valence-corrected chi connectivity index (χ2v) is 5.84. The first kappa shape index (κ1) is 13.9. The molecular formula is C16H15BrN2O2. The Hall–Kier alpha value is -2.01. The summed E-state index contributed by atoms with van der Waals surface area (Å²) in [5.41, 5.74) is 8.01. The molecule has 0 fully saturated rings. The van der Waals surface area contributed by atoms with E-state index in [1.807, 2.05) is 18.2 Å². The number of benzene rings is 2. The quantitative estimate of drug-likeness (QED) is 0.890. The van der Waals surface area contributed by atoms with Crippen LogP contribution in [-0.2, 0) is 6.42 Å². The van der Waals surface area contributed by atoms with E-state index >= 15 is 0 Å². The average molecular weight is 347 g/mol. The molecule has 0 aliphatic carbocycles. The van der Waals surface area contributed by atoms with Crippen molar-refractivity contribution in [2.45, 2.75) is 12.8 Å². The first-order valence-corrected chi connectivity index (χ1v) is 7.57. The topological polar surface area (TPSA) is 64.4 Å². The van der Waals surface area contributed by atoms with Crippen molar-refractivity contribution in [3.05, 3.63) is 52.0 Å². The summed E-state index contributed by atoms with van der Waals surface area (Å²) in [7, 11) is 0. The van der Waals surface area contributed by atoms with Gasteiger partial charge in [-0.1, -0.05) is 28.1 Å². The zero-order chi connectivity index (χ0) is 14.8. The Morgan fingerprint density at radius 3 is 2.90 bits per heavy atom. The number of hydrogen-bond donors (Lipinski definition) is 2. The summed E-state index contributed by atoms with van der Waals surface area (Å²) in [6.45, 7) is 0.927. The molecular weight excluding hydrogens is 332 g/mol. The standard InChI is InChI=1S/C16H15BrN2O2/c17-11-6-7-13(12(9-11)16(18)20)21-14-5-1-3-10-4-2-8-19-15(10)14/h1,3,5-7,9,19H,2,4,8H2,(H2,18,20).